The molecular weight excluding hydrogens is 273 g/mol. The molecule has 0 spiro atoms. The fourth-order valence-corrected chi connectivity index (χ4v) is 1.88. The molecule has 0 aromatic heterocycles. The molecule has 0 aliphatic heterocycles. The Hall–Kier alpha value is -1.62. The van der Waals surface area contributed by atoms with E-state index in [0.717, 1.165) is 13.0 Å². The first kappa shape index (κ1) is 17.4. The highest BCUT2D eigenvalue weighted by atomic mass is 19.1. The van der Waals surface area contributed by atoms with E-state index in [1.807, 2.05) is 18.7 Å². The summed E-state index contributed by atoms with van der Waals surface area (Å²) in [6.07, 6.45) is 0.787. The highest BCUT2D eigenvalue weighted by molar-refractivity contribution is 5.71. The maximum atomic E-state index is 12.7. The first-order valence-electron chi connectivity index (χ1n) is 7.31. The summed E-state index contributed by atoms with van der Waals surface area (Å²) in [5, 5.41) is 0. The van der Waals surface area contributed by atoms with Crippen molar-refractivity contribution in [3.8, 4) is 5.75 Å². The molecule has 0 radical (unpaired) electrons. The van der Waals surface area contributed by atoms with E-state index in [9.17, 15) is 9.18 Å². The van der Waals surface area contributed by atoms with Crippen LogP contribution in [0.4, 0.5) is 4.39 Å². The molecule has 5 heteroatoms. The lowest BCUT2D eigenvalue weighted by molar-refractivity contribution is -0.144. The Balaban J connectivity index is 2.30. The highest BCUT2D eigenvalue weighted by Crippen LogP contribution is 2.11. The fraction of sp³-hybridized carbons (Fsp3) is 0.562. The van der Waals surface area contributed by atoms with Crippen LogP contribution in [0.5, 0.6) is 5.75 Å². The van der Waals surface area contributed by atoms with Gasteiger partial charge < -0.3 is 9.47 Å². The van der Waals surface area contributed by atoms with E-state index in [0.29, 0.717) is 25.5 Å². The third-order valence-corrected chi connectivity index (χ3v) is 3.04. The number of benzene rings is 1. The zero-order valence-corrected chi connectivity index (χ0v) is 13.0. The van der Waals surface area contributed by atoms with Crippen LogP contribution < -0.4 is 4.74 Å². The monoisotopic (exact) mass is 297 g/mol. The number of hydrogen-bond acceptors (Lipinski definition) is 4. The number of rotatable bonds is 9. The molecule has 4 nitrogen and oxygen atoms in total. The van der Waals surface area contributed by atoms with Gasteiger partial charge in [-0.1, -0.05) is 0 Å². The topological polar surface area (TPSA) is 38.8 Å². The molecule has 0 amide bonds. The van der Waals surface area contributed by atoms with Crippen LogP contribution in [0.25, 0.3) is 0 Å². The molecule has 0 aliphatic rings. The number of ether oxygens (including phenoxy) is 2. The molecule has 0 N–H and O–H groups in total. The summed E-state index contributed by atoms with van der Waals surface area (Å²) < 4.78 is 23.2. The Morgan fingerprint density at radius 3 is 2.52 bits per heavy atom. The molecule has 0 aliphatic carbocycles. The maximum Gasteiger partial charge on any atom is 0.320 e. The van der Waals surface area contributed by atoms with Gasteiger partial charge >= 0.3 is 5.97 Å². The largest absolute Gasteiger partial charge is 0.494 e. The van der Waals surface area contributed by atoms with Crippen molar-refractivity contribution in [2.45, 2.75) is 33.2 Å². The maximum absolute atomic E-state index is 12.7. The molecule has 1 aromatic rings. The van der Waals surface area contributed by atoms with Crippen LogP contribution in [0.15, 0.2) is 24.3 Å². The normalized spacial score (nSPS) is 11.0. The molecule has 0 atom stereocenters. The molecule has 21 heavy (non-hydrogen) atoms. The number of carbonyl (C=O) groups is 1. The minimum absolute atomic E-state index is 0.203. The van der Waals surface area contributed by atoms with E-state index in [2.05, 4.69) is 0 Å². The van der Waals surface area contributed by atoms with Gasteiger partial charge in [-0.05, 0) is 51.5 Å². The fourth-order valence-electron chi connectivity index (χ4n) is 1.88. The summed E-state index contributed by atoms with van der Waals surface area (Å²) in [7, 11) is 0. The van der Waals surface area contributed by atoms with Crippen LogP contribution in [0.2, 0.25) is 0 Å². The lowest BCUT2D eigenvalue weighted by Crippen LogP contribution is -2.37. The molecule has 0 unspecified atom stereocenters. The second kappa shape index (κ2) is 9.34. The van der Waals surface area contributed by atoms with Gasteiger partial charge in [0, 0.05) is 12.6 Å². The van der Waals surface area contributed by atoms with Gasteiger partial charge in [-0.15, -0.1) is 0 Å². The number of nitrogens with zero attached hydrogens (tertiary/aromatic N) is 1. The Morgan fingerprint density at radius 2 is 1.95 bits per heavy atom. The average Bonchev–Trinajstić information content (AvgIpc) is 2.44. The highest BCUT2D eigenvalue weighted by Gasteiger charge is 2.14. The van der Waals surface area contributed by atoms with Crippen molar-refractivity contribution in [2.75, 3.05) is 26.3 Å². The van der Waals surface area contributed by atoms with E-state index in [1.165, 1.54) is 12.1 Å². The van der Waals surface area contributed by atoms with Gasteiger partial charge in [0.25, 0.3) is 0 Å². The van der Waals surface area contributed by atoms with Crippen molar-refractivity contribution in [1.82, 2.24) is 4.90 Å². The van der Waals surface area contributed by atoms with E-state index < -0.39 is 0 Å². The summed E-state index contributed by atoms with van der Waals surface area (Å²) in [6.45, 7) is 7.85. The predicted molar refractivity (Wildman–Crippen MR) is 79.9 cm³/mol. The second-order valence-electron chi connectivity index (χ2n) is 5.03. The number of halogens is 1. The molecule has 0 saturated carbocycles. The van der Waals surface area contributed by atoms with Crippen LogP contribution in [0.1, 0.15) is 27.2 Å². The molecule has 1 aromatic carbocycles. The lowest BCUT2D eigenvalue weighted by atomic mass is 10.3. The zero-order chi connectivity index (χ0) is 15.7. The van der Waals surface area contributed by atoms with Crippen LogP contribution in [0.3, 0.4) is 0 Å². The van der Waals surface area contributed by atoms with Gasteiger partial charge in [0.05, 0.1) is 19.8 Å². The first-order chi connectivity index (χ1) is 10.0. The van der Waals surface area contributed by atoms with Crippen molar-refractivity contribution in [3.63, 3.8) is 0 Å². The molecule has 0 heterocycles. The first-order valence-corrected chi connectivity index (χ1v) is 7.31. The molecule has 0 fully saturated rings. The zero-order valence-electron chi connectivity index (χ0n) is 13.0. The summed E-state index contributed by atoms with van der Waals surface area (Å²) in [6, 6.07) is 6.22. The van der Waals surface area contributed by atoms with Gasteiger partial charge in [-0.25, -0.2) is 4.39 Å². The minimum atomic E-state index is -0.275. The molecular formula is C16H24FNO3. The van der Waals surface area contributed by atoms with Crippen LogP contribution in [-0.2, 0) is 9.53 Å². The van der Waals surface area contributed by atoms with Crippen molar-refractivity contribution >= 4 is 5.97 Å². The van der Waals surface area contributed by atoms with Gasteiger partial charge in [0.15, 0.2) is 0 Å². The standard InChI is InChI=1S/C16H24FNO3/c1-4-20-16(19)12-18(13(2)3)10-5-11-21-15-8-6-14(17)7-9-15/h6-9,13H,4-5,10-12H2,1-3H3. The summed E-state index contributed by atoms with van der Waals surface area (Å²) >= 11 is 0. The van der Waals surface area contributed by atoms with E-state index in [4.69, 9.17) is 9.47 Å². The molecule has 0 saturated heterocycles. The third kappa shape index (κ3) is 7.09. The second-order valence-corrected chi connectivity index (χ2v) is 5.03. The van der Waals surface area contributed by atoms with Crippen molar-refractivity contribution in [1.29, 1.82) is 0 Å². The summed E-state index contributed by atoms with van der Waals surface area (Å²) in [5.41, 5.74) is 0. The lowest BCUT2D eigenvalue weighted by Gasteiger charge is -2.25. The van der Waals surface area contributed by atoms with Crippen molar-refractivity contribution in [2.24, 2.45) is 0 Å². The van der Waals surface area contributed by atoms with Crippen molar-refractivity contribution in [3.05, 3.63) is 30.1 Å². The quantitative estimate of drug-likeness (QED) is 0.519. The van der Waals surface area contributed by atoms with E-state index in [1.54, 1.807) is 19.1 Å². The van der Waals surface area contributed by atoms with Gasteiger partial charge in [-0.2, -0.15) is 0 Å². The SMILES string of the molecule is CCOC(=O)CN(CCCOc1ccc(F)cc1)C(C)C. The molecule has 118 valence electrons. The Kier molecular flexibility index (Phi) is 7.75. The Labute approximate surface area is 125 Å². The number of carbonyl (C=O) groups excluding carboxylic acids is 1. The third-order valence-electron chi connectivity index (χ3n) is 3.04. The minimum Gasteiger partial charge on any atom is -0.494 e. The molecule has 1 rings (SSSR count). The Morgan fingerprint density at radius 1 is 1.29 bits per heavy atom. The Bertz CT molecular complexity index is 420. The van der Waals surface area contributed by atoms with Gasteiger partial charge in [0.2, 0.25) is 0 Å². The average molecular weight is 297 g/mol. The van der Waals surface area contributed by atoms with Gasteiger partial charge in [0.1, 0.15) is 11.6 Å². The molecule has 0 bridgehead atoms. The number of hydrogen-bond donors (Lipinski definition) is 0. The number of esters is 1. The van der Waals surface area contributed by atoms with Crippen LogP contribution >= 0.6 is 0 Å². The van der Waals surface area contributed by atoms with Crippen molar-refractivity contribution < 1.29 is 18.7 Å². The smallest absolute Gasteiger partial charge is 0.320 e. The van der Waals surface area contributed by atoms with Crippen LogP contribution in [-0.4, -0.2) is 43.2 Å². The summed E-state index contributed by atoms with van der Waals surface area (Å²) in [5.74, 6) is 0.173. The van der Waals surface area contributed by atoms with E-state index >= 15 is 0 Å². The van der Waals surface area contributed by atoms with E-state index in [-0.39, 0.29) is 17.8 Å². The van der Waals surface area contributed by atoms with Crippen LogP contribution in [0, 0.1) is 5.82 Å². The summed E-state index contributed by atoms with van der Waals surface area (Å²) in [4.78, 5) is 13.6. The predicted octanol–water partition coefficient (Wildman–Crippen LogP) is 2.87. The van der Waals surface area contributed by atoms with Gasteiger partial charge in [-0.3, -0.25) is 9.69 Å².